The Hall–Kier alpha value is -2.10. The van der Waals surface area contributed by atoms with Crippen LogP contribution in [-0.2, 0) is 0 Å². The molecule has 162 valence electrons. The van der Waals surface area contributed by atoms with Crippen LogP contribution in [0.1, 0.15) is 36.5 Å². The second kappa shape index (κ2) is 10.3. The van der Waals surface area contributed by atoms with Crippen LogP contribution >= 0.6 is 27.5 Å². The zero-order valence-electron chi connectivity index (χ0n) is 16.9. The number of likely N-dealkylation sites (tertiary alicyclic amines) is 1. The lowest BCUT2D eigenvalue weighted by Crippen LogP contribution is -2.38. The minimum Gasteiger partial charge on any atom is -0.388 e. The summed E-state index contributed by atoms with van der Waals surface area (Å²) in [5.41, 5.74) is 0.323. The highest BCUT2D eigenvalue weighted by atomic mass is 79.9. The highest BCUT2D eigenvalue weighted by Gasteiger charge is 2.22. The number of carbonyl (C=O) groups is 2. The van der Waals surface area contributed by atoms with Crippen LogP contribution < -0.4 is 15.4 Å². The molecule has 0 saturated carbocycles. The molecular weight excluding hydrogens is 474 g/mol. The van der Waals surface area contributed by atoms with E-state index < -0.39 is 12.0 Å². The number of piperidine rings is 1. The second-order valence-electron chi connectivity index (χ2n) is 7.57. The summed E-state index contributed by atoms with van der Waals surface area (Å²) in [7, 11) is 2.13. The predicted molar refractivity (Wildman–Crippen MR) is 119 cm³/mol. The molecule has 1 saturated heterocycles. The number of rotatable bonds is 6. The van der Waals surface area contributed by atoms with Crippen LogP contribution in [0.25, 0.3) is 0 Å². The molecule has 10 heteroatoms. The summed E-state index contributed by atoms with van der Waals surface area (Å²) in [6.45, 7) is 4.14. The summed E-state index contributed by atoms with van der Waals surface area (Å²) in [6, 6.07) is 6.68. The largest absolute Gasteiger partial charge is 0.414 e. The van der Waals surface area contributed by atoms with Gasteiger partial charge in [-0.1, -0.05) is 23.7 Å². The van der Waals surface area contributed by atoms with Crippen molar-refractivity contribution in [2.45, 2.75) is 32.2 Å². The van der Waals surface area contributed by atoms with E-state index >= 15 is 0 Å². The minimum absolute atomic E-state index is 0.0111. The van der Waals surface area contributed by atoms with Crippen LogP contribution in [0.5, 0.6) is 5.88 Å². The van der Waals surface area contributed by atoms with Crippen molar-refractivity contribution < 1.29 is 14.3 Å². The van der Waals surface area contributed by atoms with Gasteiger partial charge in [-0.3, -0.25) is 9.89 Å². The van der Waals surface area contributed by atoms with Gasteiger partial charge in [0.2, 0.25) is 0 Å². The molecule has 1 aromatic heterocycles. The fraction of sp³-hybridized carbons (Fsp3) is 0.450. The number of anilines is 1. The molecule has 1 fully saturated rings. The van der Waals surface area contributed by atoms with Crippen LogP contribution in [0.15, 0.2) is 28.7 Å². The van der Waals surface area contributed by atoms with E-state index in [1.54, 1.807) is 24.3 Å². The predicted octanol–water partition coefficient (Wildman–Crippen LogP) is 4.29. The van der Waals surface area contributed by atoms with Gasteiger partial charge >= 0.3 is 6.09 Å². The highest BCUT2D eigenvalue weighted by Crippen LogP contribution is 2.30. The Labute approximate surface area is 188 Å². The maximum absolute atomic E-state index is 12.4. The van der Waals surface area contributed by atoms with Gasteiger partial charge in [0, 0.05) is 6.04 Å². The third kappa shape index (κ3) is 5.96. The van der Waals surface area contributed by atoms with Crippen molar-refractivity contribution >= 4 is 45.3 Å². The lowest BCUT2D eigenvalue weighted by molar-refractivity contribution is 0.102. The Morgan fingerprint density at radius 3 is 2.77 bits per heavy atom. The molecule has 0 bridgehead atoms. The summed E-state index contributed by atoms with van der Waals surface area (Å²) in [5.74, 6) is 0.489. The maximum atomic E-state index is 12.4. The Bertz CT molecular complexity index is 898. The zero-order valence-corrected chi connectivity index (χ0v) is 19.2. The number of H-pyrrole nitrogens is 1. The average molecular weight is 499 g/mol. The van der Waals surface area contributed by atoms with Crippen LogP contribution in [-0.4, -0.2) is 53.3 Å². The zero-order chi connectivity index (χ0) is 21.7. The van der Waals surface area contributed by atoms with Crippen molar-refractivity contribution in [3.8, 4) is 5.88 Å². The number of nitrogens with one attached hydrogen (secondary N) is 3. The molecule has 1 unspecified atom stereocenters. The molecule has 2 amide bonds. The summed E-state index contributed by atoms with van der Waals surface area (Å²) in [6.07, 6.45) is 2.59. The quantitative estimate of drug-likeness (QED) is 0.552. The third-order valence-corrected chi connectivity index (χ3v) is 6.18. The standard InChI is InChI=1S/C20H25BrClN5O3/c1-12(11-13-7-9-27(2)10-8-13)23-20(29)30-19-16(21)17(25-26-19)24-18(28)14-5-3-4-6-15(14)22/h3-6,12-13H,7-11H2,1-2H3,(H,23,29)(H2,24,25,26,28). The number of amides is 2. The molecule has 0 aliphatic carbocycles. The van der Waals surface area contributed by atoms with Crippen LogP contribution in [0.4, 0.5) is 10.6 Å². The van der Waals surface area contributed by atoms with E-state index in [1.807, 2.05) is 6.92 Å². The first-order valence-electron chi connectivity index (χ1n) is 9.80. The SMILES string of the molecule is CC(CC1CCN(C)CC1)NC(=O)Oc1n[nH]c(NC(=O)c2ccccc2Cl)c1Br. The summed E-state index contributed by atoms with van der Waals surface area (Å²) < 4.78 is 5.62. The van der Waals surface area contributed by atoms with Crippen LogP contribution in [0.3, 0.4) is 0 Å². The van der Waals surface area contributed by atoms with Crippen LogP contribution in [0.2, 0.25) is 5.02 Å². The molecule has 0 spiro atoms. The first-order chi connectivity index (χ1) is 14.3. The Morgan fingerprint density at radius 2 is 2.07 bits per heavy atom. The number of hydrogen-bond acceptors (Lipinski definition) is 5. The molecule has 1 aromatic carbocycles. The minimum atomic E-state index is -0.591. The Balaban J connectivity index is 1.52. The van der Waals surface area contributed by atoms with Crippen molar-refractivity contribution in [2.75, 3.05) is 25.5 Å². The van der Waals surface area contributed by atoms with Gasteiger partial charge in [0.1, 0.15) is 10.3 Å². The third-order valence-electron chi connectivity index (χ3n) is 5.11. The normalized spacial score (nSPS) is 16.1. The highest BCUT2D eigenvalue weighted by molar-refractivity contribution is 9.10. The van der Waals surface area contributed by atoms with Gasteiger partial charge < -0.3 is 20.3 Å². The van der Waals surface area contributed by atoms with E-state index in [9.17, 15) is 9.59 Å². The molecule has 2 aromatic rings. The first-order valence-corrected chi connectivity index (χ1v) is 11.0. The van der Waals surface area contributed by atoms with Gasteiger partial charge in [0.15, 0.2) is 0 Å². The monoisotopic (exact) mass is 497 g/mol. The summed E-state index contributed by atoms with van der Waals surface area (Å²) >= 11 is 9.35. The van der Waals surface area contributed by atoms with E-state index in [0.717, 1.165) is 32.4 Å². The van der Waals surface area contributed by atoms with Gasteiger partial charge in [-0.15, -0.1) is 5.10 Å². The van der Waals surface area contributed by atoms with Crippen molar-refractivity contribution in [3.63, 3.8) is 0 Å². The number of carbonyl (C=O) groups excluding carboxylic acids is 2. The van der Waals surface area contributed by atoms with Gasteiger partial charge in [-0.25, -0.2) is 4.79 Å². The number of aromatic amines is 1. The molecule has 3 N–H and O–H groups in total. The number of hydrogen-bond donors (Lipinski definition) is 3. The maximum Gasteiger partial charge on any atom is 0.414 e. The number of benzene rings is 1. The Morgan fingerprint density at radius 1 is 1.37 bits per heavy atom. The van der Waals surface area contributed by atoms with Gasteiger partial charge in [0.05, 0.1) is 10.6 Å². The molecule has 1 aliphatic heterocycles. The van der Waals surface area contributed by atoms with E-state index in [-0.39, 0.29) is 17.7 Å². The molecular formula is C20H25BrClN5O3. The van der Waals surface area contributed by atoms with Crippen molar-refractivity contribution in [1.82, 2.24) is 20.4 Å². The molecule has 3 rings (SSSR count). The van der Waals surface area contributed by atoms with E-state index in [0.29, 0.717) is 21.0 Å². The molecule has 8 nitrogen and oxygen atoms in total. The lowest BCUT2D eigenvalue weighted by atomic mass is 9.91. The van der Waals surface area contributed by atoms with Gasteiger partial charge in [-0.2, -0.15) is 0 Å². The molecule has 1 atom stereocenters. The second-order valence-corrected chi connectivity index (χ2v) is 8.77. The lowest BCUT2D eigenvalue weighted by Gasteiger charge is -2.30. The molecule has 0 radical (unpaired) electrons. The molecule has 2 heterocycles. The first kappa shape index (κ1) is 22.6. The fourth-order valence-corrected chi connectivity index (χ4v) is 4.04. The van der Waals surface area contributed by atoms with Crippen molar-refractivity contribution in [2.24, 2.45) is 5.92 Å². The number of halogens is 2. The van der Waals surface area contributed by atoms with E-state index in [1.165, 1.54) is 0 Å². The Kier molecular flexibility index (Phi) is 7.74. The molecule has 30 heavy (non-hydrogen) atoms. The number of aromatic nitrogens is 2. The number of ether oxygens (including phenoxy) is 1. The van der Waals surface area contributed by atoms with Crippen molar-refractivity contribution in [3.05, 3.63) is 39.3 Å². The average Bonchev–Trinajstić information content (AvgIpc) is 3.03. The van der Waals surface area contributed by atoms with Crippen molar-refractivity contribution in [1.29, 1.82) is 0 Å². The summed E-state index contributed by atoms with van der Waals surface area (Å²) in [5, 5.41) is 12.4. The number of nitrogens with zero attached hydrogens (tertiary/aromatic N) is 2. The summed E-state index contributed by atoms with van der Waals surface area (Å²) in [4.78, 5) is 27.0. The fourth-order valence-electron chi connectivity index (χ4n) is 3.46. The molecule has 1 aliphatic rings. The van der Waals surface area contributed by atoms with Gasteiger partial charge in [0.25, 0.3) is 11.8 Å². The van der Waals surface area contributed by atoms with E-state index in [2.05, 4.69) is 48.7 Å². The van der Waals surface area contributed by atoms with Gasteiger partial charge in [-0.05, 0) is 80.3 Å². The van der Waals surface area contributed by atoms with E-state index in [4.69, 9.17) is 16.3 Å². The smallest absolute Gasteiger partial charge is 0.388 e. The van der Waals surface area contributed by atoms with Crippen LogP contribution in [0, 0.1) is 5.92 Å². The topological polar surface area (TPSA) is 99.3 Å².